The summed E-state index contributed by atoms with van der Waals surface area (Å²) in [7, 11) is 0. The standard InChI is InChI=1S/C12H10BrN3O2/c1-7-4-8(2-3-9(7)17)12(18)16-11-6-14-10(13)5-15-11/h2-6,17H,1H3,(H,15,16,18). The lowest BCUT2D eigenvalue weighted by molar-refractivity contribution is 0.102. The molecule has 1 heterocycles. The van der Waals surface area contributed by atoms with Crippen LogP contribution >= 0.6 is 15.9 Å². The Kier molecular flexibility index (Phi) is 3.57. The van der Waals surface area contributed by atoms with Gasteiger partial charge in [-0.15, -0.1) is 0 Å². The number of nitrogens with one attached hydrogen (secondary N) is 1. The molecule has 1 amide bonds. The number of aryl methyl sites for hydroxylation is 1. The number of rotatable bonds is 2. The second-order valence-corrected chi connectivity index (χ2v) is 4.49. The molecule has 2 N–H and O–H groups in total. The average Bonchev–Trinajstić information content (AvgIpc) is 2.35. The molecule has 0 bridgehead atoms. The predicted molar refractivity (Wildman–Crippen MR) is 70.5 cm³/mol. The number of carbonyl (C=O) groups excluding carboxylic acids is 1. The minimum absolute atomic E-state index is 0.162. The monoisotopic (exact) mass is 307 g/mol. The van der Waals surface area contributed by atoms with Crippen molar-refractivity contribution in [3.05, 3.63) is 46.3 Å². The lowest BCUT2D eigenvalue weighted by Crippen LogP contribution is -2.13. The molecule has 0 unspecified atom stereocenters. The first kappa shape index (κ1) is 12.5. The van der Waals surface area contributed by atoms with E-state index >= 15 is 0 Å². The normalized spacial score (nSPS) is 10.1. The van der Waals surface area contributed by atoms with E-state index in [2.05, 4.69) is 31.2 Å². The van der Waals surface area contributed by atoms with Crippen molar-refractivity contribution in [2.45, 2.75) is 6.92 Å². The van der Waals surface area contributed by atoms with Crippen LogP contribution in [0.5, 0.6) is 5.75 Å². The number of benzene rings is 1. The Morgan fingerprint density at radius 2 is 2.11 bits per heavy atom. The molecule has 0 aliphatic rings. The Bertz CT molecular complexity index is 584. The molecule has 2 rings (SSSR count). The Hall–Kier alpha value is -1.95. The minimum Gasteiger partial charge on any atom is -0.508 e. The van der Waals surface area contributed by atoms with Gasteiger partial charge in [0.2, 0.25) is 0 Å². The van der Waals surface area contributed by atoms with Crippen molar-refractivity contribution in [1.82, 2.24) is 9.97 Å². The van der Waals surface area contributed by atoms with Crippen molar-refractivity contribution in [2.24, 2.45) is 0 Å². The van der Waals surface area contributed by atoms with Crippen LogP contribution in [0.15, 0.2) is 35.2 Å². The maximum atomic E-state index is 11.9. The molecule has 18 heavy (non-hydrogen) atoms. The zero-order chi connectivity index (χ0) is 13.1. The van der Waals surface area contributed by atoms with E-state index in [4.69, 9.17) is 0 Å². The molecule has 92 valence electrons. The molecular formula is C12H10BrN3O2. The third-order valence-electron chi connectivity index (χ3n) is 2.32. The first-order valence-corrected chi connectivity index (χ1v) is 5.94. The molecule has 1 aromatic carbocycles. The lowest BCUT2D eigenvalue weighted by Gasteiger charge is -2.05. The van der Waals surface area contributed by atoms with Gasteiger partial charge in [0.05, 0.1) is 12.4 Å². The number of phenols is 1. The van der Waals surface area contributed by atoms with Crippen LogP contribution in [0.4, 0.5) is 5.82 Å². The van der Waals surface area contributed by atoms with E-state index in [0.717, 1.165) is 0 Å². The van der Waals surface area contributed by atoms with E-state index in [1.54, 1.807) is 19.1 Å². The number of carbonyl (C=O) groups is 1. The van der Waals surface area contributed by atoms with E-state index in [1.807, 2.05) is 0 Å². The summed E-state index contributed by atoms with van der Waals surface area (Å²) in [6.07, 6.45) is 2.95. The van der Waals surface area contributed by atoms with Crippen molar-refractivity contribution >= 4 is 27.7 Å². The fraction of sp³-hybridized carbons (Fsp3) is 0.0833. The Balaban J connectivity index is 2.16. The third kappa shape index (κ3) is 2.84. The van der Waals surface area contributed by atoms with E-state index in [0.29, 0.717) is 21.5 Å². The molecule has 0 radical (unpaired) electrons. The highest BCUT2D eigenvalue weighted by atomic mass is 79.9. The van der Waals surface area contributed by atoms with Crippen LogP contribution in [0.2, 0.25) is 0 Å². The number of aromatic hydroxyl groups is 1. The predicted octanol–water partition coefficient (Wildman–Crippen LogP) is 2.51. The highest BCUT2D eigenvalue weighted by molar-refractivity contribution is 9.10. The summed E-state index contributed by atoms with van der Waals surface area (Å²) in [5, 5.41) is 12.0. The zero-order valence-electron chi connectivity index (χ0n) is 9.51. The second kappa shape index (κ2) is 5.14. The van der Waals surface area contributed by atoms with Crippen LogP contribution in [0.1, 0.15) is 15.9 Å². The molecule has 1 aromatic heterocycles. The number of halogens is 1. The number of amides is 1. The number of hydrogen-bond donors (Lipinski definition) is 2. The van der Waals surface area contributed by atoms with Crippen LogP contribution in [-0.4, -0.2) is 21.0 Å². The van der Waals surface area contributed by atoms with Gasteiger partial charge in [0.15, 0.2) is 5.82 Å². The largest absolute Gasteiger partial charge is 0.508 e. The van der Waals surface area contributed by atoms with Crippen molar-refractivity contribution in [3.63, 3.8) is 0 Å². The Labute approximate surface area is 112 Å². The number of nitrogens with zero attached hydrogens (tertiary/aromatic N) is 2. The average molecular weight is 308 g/mol. The SMILES string of the molecule is Cc1cc(C(=O)Nc2cnc(Br)cn2)ccc1O. The number of phenolic OH excluding ortho intramolecular Hbond substituents is 1. The summed E-state index contributed by atoms with van der Waals surface area (Å²) in [6.45, 7) is 1.73. The summed E-state index contributed by atoms with van der Waals surface area (Å²) in [4.78, 5) is 19.8. The molecule has 0 fully saturated rings. The number of aromatic nitrogens is 2. The van der Waals surface area contributed by atoms with Crippen LogP contribution in [0.3, 0.4) is 0 Å². The second-order valence-electron chi connectivity index (χ2n) is 3.68. The van der Waals surface area contributed by atoms with Gasteiger partial charge in [0, 0.05) is 5.56 Å². The first-order chi connectivity index (χ1) is 8.56. The number of anilines is 1. The van der Waals surface area contributed by atoms with Gasteiger partial charge in [-0.2, -0.15) is 0 Å². The van der Waals surface area contributed by atoms with Crippen molar-refractivity contribution in [2.75, 3.05) is 5.32 Å². The van der Waals surface area contributed by atoms with Gasteiger partial charge in [0.25, 0.3) is 5.91 Å². The van der Waals surface area contributed by atoms with Gasteiger partial charge in [-0.3, -0.25) is 4.79 Å². The fourth-order valence-corrected chi connectivity index (χ4v) is 1.57. The first-order valence-electron chi connectivity index (χ1n) is 5.15. The third-order valence-corrected chi connectivity index (χ3v) is 2.73. The molecule has 6 heteroatoms. The summed E-state index contributed by atoms with van der Waals surface area (Å²) in [6, 6.07) is 4.64. The molecular weight excluding hydrogens is 298 g/mol. The summed E-state index contributed by atoms with van der Waals surface area (Å²) in [5.74, 6) is 0.235. The highest BCUT2D eigenvalue weighted by Gasteiger charge is 2.08. The molecule has 0 atom stereocenters. The summed E-state index contributed by atoms with van der Waals surface area (Å²) < 4.78 is 0.598. The molecule has 2 aromatic rings. The van der Waals surface area contributed by atoms with E-state index in [1.165, 1.54) is 18.5 Å². The van der Waals surface area contributed by atoms with Crippen LogP contribution in [0.25, 0.3) is 0 Å². The molecule has 0 aliphatic carbocycles. The molecule has 0 spiro atoms. The van der Waals surface area contributed by atoms with Gasteiger partial charge in [0.1, 0.15) is 10.4 Å². The Morgan fingerprint density at radius 1 is 1.33 bits per heavy atom. The minimum atomic E-state index is -0.297. The summed E-state index contributed by atoms with van der Waals surface area (Å²) in [5.41, 5.74) is 1.10. The summed E-state index contributed by atoms with van der Waals surface area (Å²) >= 11 is 3.16. The maximum absolute atomic E-state index is 11.9. The van der Waals surface area contributed by atoms with Gasteiger partial charge in [-0.25, -0.2) is 9.97 Å². The van der Waals surface area contributed by atoms with E-state index < -0.39 is 0 Å². The van der Waals surface area contributed by atoms with Gasteiger partial charge in [-0.05, 0) is 46.6 Å². The maximum Gasteiger partial charge on any atom is 0.256 e. The van der Waals surface area contributed by atoms with Crippen molar-refractivity contribution in [1.29, 1.82) is 0 Å². The lowest BCUT2D eigenvalue weighted by atomic mass is 10.1. The smallest absolute Gasteiger partial charge is 0.256 e. The van der Waals surface area contributed by atoms with Crippen LogP contribution in [-0.2, 0) is 0 Å². The van der Waals surface area contributed by atoms with Crippen LogP contribution < -0.4 is 5.32 Å². The van der Waals surface area contributed by atoms with Crippen LogP contribution in [0, 0.1) is 6.92 Å². The number of hydrogen-bond acceptors (Lipinski definition) is 4. The van der Waals surface area contributed by atoms with Gasteiger partial charge >= 0.3 is 0 Å². The van der Waals surface area contributed by atoms with E-state index in [-0.39, 0.29) is 11.7 Å². The van der Waals surface area contributed by atoms with Crippen molar-refractivity contribution < 1.29 is 9.90 Å². The molecule has 0 aliphatic heterocycles. The molecule has 0 saturated heterocycles. The van der Waals surface area contributed by atoms with Gasteiger partial charge < -0.3 is 10.4 Å². The highest BCUT2D eigenvalue weighted by Crippen LogP contribution is 2.17. The molecule has 0 saturated carbocycles. The zero-order valence-corrected chi connectivity index (χ0v) is 11.1. The van der Waals surface area contributed by atoms with E-state index in [9.17, 15) is 9.90 Å². The molecule has 5 nitrogen and oxygen atoms in total. The topological polar surface area (TPSA) is 75.1 Å². The quantitative estimate of drug-likeness (QED) is 0.894. The Morgan fingerprint density at radius 3 is 2.72 bits per heavy atom. The fourth-order valence-electron chi connectivity index (χ4n) is 1.36. The van der Waals surface area contributed by atoms with Gasteiger partial charge in [-0.1, -0.05) is 0 Å². The van der Waals surface area contributed by atoms with Crippen molar-refractivity contribution in [3.8, 4) is 5.75 Å².